The SMILES string of the molecule is CCCN(CCOC)c1nc(-c2ccccc2O)nc2ccc(F)cc12. The molecule has 0 amide bonds. The largest absolute Gasteiger partial charge is 0.507 e. The third kappa shape index (κ3) is 3.75. The highest BCUT2D eigenvalue weighted by molar-refractivity contribution is 5.91. The Bertz CT molecular complexity index is 901. The Kier molecular flexibility index (Phi) is 5.63. The van der Waals surface area contributed by atoms with Crippen LogP contribution in [0.2, 0.25) is 0 Å². The molecule has 0 aliphatic heterocycles. The summed E-state index contributed by atoms with van der Waals surface area (Å²) in [4.78, 5) is 11.3. The van der Waals surface area contributed by atoms with Crippen LogP contribution in [0.25, 0.3) is 22.3 Å². The molecule has 0 aliphatic rings. The van der Waals surface area contributed by atoms with E-state index in [0.717, 1.165) is 13.0 Å². The van der Waals surface area contributed by atoms with Crippen LogP contribution in [0.1, 0.15) is 13.3 Å². The van der Waals surface area contributed by atoms with E-state index in [1.807, 2.05) is 6.07 Å². The summed E-state index contributed by atoms with van der Waals surface area (Å²) in [5.74, 6) is 0.835. The molecule has 0 unspecified atom stereocenters. The second-order valence-electron chi connectivity index (χ2n) is 6.03. The van der Waals surface area contributed by atoms with Gasteiger partial charge in [0.15, 0.2) is 5.82 Å². The first kappa shape index (κ1) is 18.1. The summed E-state index contributed by atoms with van der Waals surface area (Å²) >= 11 is 0. The van der Waals surface area contributed by atoms with Crippen molar-refractivity contribution >= 4 is 16.7 Å². The van der Waals surface area contributed by atoms with Gasteiger partial charge >= 0.3 is 0 Å². The van der Waals surface area contributed by atoms with Gasteiger partial charge in [0.25, 0.3) is 0 Å². The Morgan fingerprint density at radius 2 is 1.92 bits per heavy atom. The zero-order valence-electron chi connectivity index (χ0n) is 14.9. The van der Waals surface area contributed by atoms with E-state index >= 15 is 0 Å². The molecule has 136 valence electrons. The number of hydrogen-bond donors (Lipinski definition) is 1. The van der Waals surface area contributed by atoms with Gasteiger partial charge in [0.2, 0.25) is 0 Å². The fourth-order valence-corrected chi connectivity index (χ4v) is 2.90. The van der Waals surface area contributed by atoms with Crippen LogP contribution in [0.4, 0.5) is 10.2 Å². The third-order valence-electron chi connectivity index (χ3n) is 4.14. The Hall–Kier alpha value is -2.73. The van der Waals surface area contributed by atoms with E-state index in [9.17, 15) is 9.50 Å². The Balaban J connectivity index is 2.20. The van der Waals surface area contributed by atoms with Crippen LogP contribution in [0, 0.1) is 5.82 Å². The number of ether oxygens (including phenoxy) is 1. The first-order chi connectivity index (χ1) is 12.6. The predicted octanol–water partition coefficient (Wildman–Crippen LogP) is 4.00. The normalized spacial score (nSPS) is 11.0. The number of halogens is 1. The van der Waals surface area contributed by atoms with E-state index < -0.39 is 0 Å². The average Bonchev–Trinajstić information content (AvgIpc) is 2.65. The van der Waals surface area contributed by atoms with Gasteiger partial charge < -0.3 is 14.7 Å². The van der Waals surface area contributed by atoms with Crippen LogP contribution in [0.15, 0.2) is 42.5 Å². The second kappa shape index (κ2) is 8.10. The maximum atomic E-state index is 13.9. The lowest BCUT2D eigenvalue weighted by Gasteiger charge is -2.24. The number of aromatic hydroxyl groups is 1. The molecule has 0 fully saturated rings. The minimum absolute atomic E-state index is 0.110. The van der Waals surface area contributed by atoms with Crippen molar-refractivity contribution in [3.63, 3.8) is 0 Å². The van der Waals surface area contributed by atoms with Gasteiger partial charge in [0.05, 0.1) is 17.7 Å². The van der Waals surface area contributed by atoms with Gasteiger partial charge in [-0.3, -0.25) is 0 Å². The molecule has 6 heteroatoms. The highest BCUT2D eigenvalue weighted by Crippen LogP contribution is 2.31. The molecule has 3 aromatic rings. The summed E-state index contributed by atoms with van der Waals surface area (Å²) < 4.78 is 19.1. The zero-order valence-corrected chi connectivity index (χ0v) is 14.9. The fourth-order valence-electron chi connectivity index (χ4n) is 2.90. The monoisotopic (exact) mass is 355 g/mol. The Morgan fingerprint density at radius 3 is 2.65 bits per heavy atom. The average molecular weight is 355 g/mol. The Morgan fingerprint density at radius 1 is 1.12 bits per heavy atom. The number of phenols is 1. The molecule has 0 atom stereocenters. The summed E-state index contributed by atoms with van der Waals surface area (Å²) in [5, 5.41) is 10.8. The van der Waals surface area contributed by atoms with Crippen LogP contribution in [0.5, 0.6) is 5.75 Å². The topological polar surface area (TPSA) is 58.5 Å². The molecule has 0 saturated heterocycles. The summed E-state index contributed by atoms with van der Waals surface area (Å²) in [6.07, 6.45) is 0.913. The smallest absolute Gasteiger partial charge is 0.165 e. The van der Waals surface area contributed by atoms with Gasteiger partial charge in [-0.25, -0.2) is 14.4 Å². The van der Waals surface area contributed by atoms with Gasteiger partial charge in [-0.1, -0.05) is 19.1 Å². The Labute approximate surface area is 152 Å². The summed E-state index contributed by atoms with van der Waals surface area (Å²) in [6.45, 7) is 4.00. The molecule has 0 bridgehead atoms. The molecular weight excluding hydrogens is 333 g/mol. The molecule has 0 radical (unpaired) electrons. The van der Waals surface area contributed by atoms with Gasteiger partial charge in [-0.15, -0.1) is 0 Å². The van der Waals surface area contributed by atoms with Crippen molar-refractivity contribution in [1.82, 2.24) is 9.97 Å². The molecule has 1 heterocycles. The molecule has 0 aliphatic carbocycles. The van der Waals surface area contributed by atoms with Gasteiger partial charge in [-0.2, -0.15) is 0 Å². The van der Waals surface area contributed by atoms with E-state index in [0.29, 0.717) is 41.3 Å². The fraction of sp³-hybridized carbons (Fsp3) is 0.300. The molecule has 2 aromatic carbocycles. The van der Waals surface area contributed by atoms with Crippen molar-refractivity contribution in [2.45, 2.75) is 13.3 Å². The summed E-state index contributed by atoms with van der Waals surface area (Å²) in [5.41, 5.74) is 1.18. The van der Waals surface area contributed by atoms with Gasteiger partial charge in [0, 0.05) is 25.6 Å². The number of aromatic nitrogens is 2. The highest BCUT2D eigenvalue weighted by Gasteiger charge is 2.17. The molecule has 5 nitrogen and oxygen atoms in total. The maximum Gasteiger partial charge on any atom is 0.165 e. The minimum atomic E-state index is -0.333. The number of fused-ring (bicyclic) bond motifs is 1. The van der Waals surface area contributed by atoms with Crippen LogP contribution in [-0.4, -0.2) is 41.9 Å². The van der Waals surface area contributed by atoms with Gasteiger partial charge in [0.1, 0.15) is 17.4 Å². The summed E-state index contributed by atoms with van der Waals surface area (Å²) in [7, 11) is 1.65. The number of para-hydroxylation sites is 1. The van der Waals surface area contributed by atoms with Crippen molar-refractivity contribution in [2.75, 3.05) is 31.7 Å². The maximum absolute atomic E-state index is 13.9. The van der Waals surface area contributed by atoms with Crippen molar-refractivity contribution in [3.8, 4) is 17.1 Å². The quantitative estimate of drug-likeness (QED) is 0.694. The van der Waals surface area contributed by atoms with E-state index in [2.05, 4.69) is 21.8 Å². The van der Waals surface area contributed by atoms with Crippen LogP contribution < -0.4 is 4.90 Å². The lowest BCUT2D eigenvalue weighted by Crippen LogP contribution is -2.29. The molecule has 0 spiro atoms. The van der Waals surface area contributed by atoms with Crippen LogP contribution >= 0.6 is 0 Å². The molecule has 1 N–H and O–H groups in total. The minimum Gasteiger partial charge on any atom is -0.507 e. The first-order valence-corrected chi connectivity index (χ1v) is 8.63. The van der Waals surface area contributed by atoms with Crippen LogP contribution in [-0.2, 0) is 4.74 Å². The molecule has 0 saturated carbocycles. The van der Waals surface area contributed by atoms with Crippen molar-refractivity contribution in [1.29, 1.82) is 0 Å². The molecule has 26 heavy (non-hydrogen) atoms. The van der Waals surface area contributed by atoms with Crippen LogP contribution in [0.3, 0.4) is 0 Å². The number of phenolic OH excluding ortho intramolecular Hbond substituents is 1. The molecule has 1 aromatic heterocycles. The highest BCUT2D eigenvalue weighted by atomic mass is 19.1. The zero-order chi connectivity index (χ0) is 18.5. The van der Waals surface area contributed by atoms with E-state index in [4.69, 9.17) is 4.74 Å². The van der Waals surface area contributed by atoms with Crippen molar-refractivity contribution < 1.29 is 14.2 Å². The standard InChI is InChI=1S/C20H22FN3O2/c1-3-10-24(11-12-26-2)20-16-13-14(21)8-9-17(16)22-19(23-20)15-6-4-5-7-18(15)25/h4-9,13,25H,3,10-12H2,1-2H3. The second-order valence-corrected chi connectivity index (χ2v) is 6.03. The predicted molar refractivity (Wildman–Crippen MR) is 101 cm³/mol. The lowest BCUT2D eigenvalue weighted by molar-refractivity contribution is 0.205. The number of rotatable bonds is 7. The number of benzene rings is 2. The van der Waals surface area contributed by atoms with E-state index in [1.165, 1.54) is 12.1 Å². The first-order valence-electron chi connectivity index (χ1n) is 8.63. The molecule has 3 rings (SSSR count). The van der Waals surface area contributed by atoms with E-state index in [-0.39, 0.29) is 11.6 Å². The number of hydrogen-bond acceptors (Lipinski definition) is 5. The lowest BCUT2D eigenvalue weighted by atomic mass is 10.1. The number of methoxy groups -OCH3 is 1. The van der Waals surface area contributed by atoms with Crippen molar-refractivity contribution in [2.24, 2.45) is 0 Å². The van der Waals surface area contributed by atoms with Gasteiger partial charge in [-0.05, 0) is 36.8 Å². The van der Waals surface area contributed by atoms with E-state index in [1.54, 1.807) is 31.4 Å². The number of anilines is 1. The summed E-state index contributed by atoms with van der Waals surface area (Å²) in [6, 6.07) is 11.4. The van der Waals surface area contributed by atoms with Crippen molar-refractivity contribution in [3.05, 3.63) is 48.3 Å². The molecular formula is C20H22FN3O2. The third-order valence-corrected chi connectivity index (χ3v) is 4.14. The number of nitrogens with zero attached hydrogens (tertiary/aromatic N) is 3.